The largest absolute Gasteiger partial charge is 0.288 e. The van der Waals surface area contributed by atoms with Gasteiger partial charge >= 0.3 is 0 Å². The van der Waals surface area contributed by atoms with Gasteiger partial charge in [0, 0.05) is 14.5 Å². The zero-order valence-corrected chi connectivity index (χ0v) is 13.7. The van der Waals surface area contributed by atoms with E-state index in [1.165, 1.54) is 12.1 Å². The van der Waals surface area contributed by atoms with Crippen LogP contribution in [0, 0.1) is 12.7 Å². The van der Waals surface area contributed by atoms with E-state index in [2.05, 4.69) is 31.9 Å². The molecule has 0 fully saturated rings. The predicted octanol–water partition coefficient (Wildman–Crippen LogP) is 5.54. The molecule has 2 rings (SSSR count). The molecular formula is C14H8Br2ClFO. The number of halogens is 4. The fourth-order valence-electron chi connectivity index (χ4n) is 1.65. The SMILES string of the molecule is Cc1ccc(C(=O)c2cc(Cl)c(Br)cc2F)c(Br)c1. The second-order valence-corrected chi connectivity index (χ2v) is 6.17. The summed E-state index contributed by atoms with van der Waals surface area (Å²) in [5.41, 5.74) is 1.37. The van der Waals surface area contributed by atoms with Crippen LogP contribution < -0.4 is 0 Å². The highest BCUT2D eigenvalue weighted by Crippen LogP contribution is 2.28. The van der Waals surface area contributed by atoms with Crippen molar-refractivity contribution in [2.75, 3.05) is 0 Å². The molecule has 2 aromatic carbocycles. The van der Waals surface area contributed by atoms with Gasteiger partial charge in [0.2, 0.25) is 0 Å². The van der Waals surface area contributed by atoms with E-state index in [1.807, 2.05) is 13.0 Å². The third-order valence-electron chi connectivity index (χ3n) is 2.62. The summed E-state index contributed by atoms with van der Waals surface area (Å²) < 4.78 is 14.9. The summed E-state index contributed by atoms with van der Waals surface area (Å²) in [7, 11) is 0. The van der Waals surface area contributed by atoms with Crippen molar-refractivity contribution in [2.24, 2.45) is 0 Å². The molecule has 1 nitrogen and oxygen atoms in total. The minimum absolute atomic E-state index is 0.0437. The van der Waals surface area contributed by atoms with Gasteiger partial charge in [-0.05, 0) is 52.7 Å². The van der Waals surface area contributed by atoms with E-state index < -0.39 is 11.6 Å². The monoisotopic (exact) mass is 404 g/mol. The van der Waals surface area contributed by atoms with Gasteiger partial charge in [0.05, 0.1) is 10.6 Å². The Kier molecular flexibility index (Phi) is 4.43. The third kappa shape index (κ3) is 3.07. The van der Waals surface area contributed by atoms with Gasteiger partial charge in [-0.2, -0.15) is 0 Å². The number of carbonyl (C=O) groups excluding carboxylic acids is 1. The first-order valence-electron chi connectivity index (χ1n) is 5.35. The fourth-order valence-corrected chi connectivity index (χ4v) is 2.80. The number of carbonyl (C=O) groups is 1. The van der Waals surface area contributed by atoms with Crippen LogP contribution in [0.1, 0.15) is 21.5 Å². The van der Waals surface area contributed by atoms with Crippen molar-refractivity contribution in [3.63, 3.8) is 0 Å². The first-order chi connectivity index (χ1) is 8.90. The van der Waals surface area contributed by atoms with Crippen molar-refractivity contribution in [3.8, 4) is 0 Å². The van der Waals surface area contributed by atoms with Crippen LogP contribution in [0.4, 0.5) is 4.39 Å². The standard InChI is InChI=1S/C14H8Br2ClFO/c1-7-2-3-8(10(15)4-7)14(19)9-5-12(17)11(16)6-13(9)18/h2-6H,1H3. The lowest BCUT2D eigenvalue weighted by Gasteiger charge is -2.07. The molecule has 0 unspecified atom stereocenters. The Labute approximate surface area is 132 Å². The summed E-state index contributed by atoms with van der Waals surface area (Å²) in [5, 5.41) is 0.299. The van der Waals surface area contributed by atoms with Crippen LogP contribution in [-0.2, 0) is 0 Å². The Bertz CT molecular complexity index is 671. The molecule has 0 amide bonds. The lowest BCUT2D eigenvalue weighted by molar-refractivity contribution is 0.103. The molecule has 0 spiro atoms. The smallest absolute Gasteiger partial charge is 0.197 e. The molecule has 0 radical (unpaired) electrons. The Morgan fingerprint density at radius 1 is 1.11 bits per heavy atom. The van der Waals surface area contributed by atoms with Crippen LogP contribution in [0.15, 0.2) is 39.3 Å². The van der Waals surface area contributed by atoms with Crippen molar-refractivity contribution < 1.29 is 9.18 Å². The van der Waals surface area contributed by atoms with Crippen LogP contribution in [0.25, 0.3) is 0 Å². The summed E-state index contributed by atoms with van der Waals surface area (Å²) in [6.07, 6.45) is 0. The molecule has 0 aliphatic heterocycles. The Balaban J connectivity index is 2.53. The molecule has 0 aliphatic carbocycles. The summed E-state index contributed by atoms with van der Waals surface area (Å²) in [5.74, 6) is -1.01. The lowest BCUT2D eigenvalue weighted by Crippen LogP contribution is -2.05. The highest BCUT2D eigenvalue weighted by molar-refractivity contribution is 9.10. The van der Waals surface area contributed by atoms with E-state index in [1.54, 1.807) is 12.1 Å². The van der Waals surface area contributed by atoms with E-state index in [9.17, 15) is 9.18 Å². The molecule has 0 aliphatic rings. The van der Waals surface area contributed by atoms with Crippen LogP contribution in [0.2, 0.25) is 5.02 Å². The highest BCUT2D eigenvalue weighted by Gasteiger charge is 2.18. The maximum atomic E-state index is 13.9. The average molecular weight is 406 g/mol. The maximum absolute atomic E-state index is 13.9. The molecule has 98 valence electrons. The molecule has 2 aromatic rings. The van der Waals surface area contributed by atoms with E-state index in [0.717, 1.165) is 5.56 Å². The zero-order valence-electron chi connectivity index (χ0n) is 9.81. The first kappa shape index (κ1) is 14.7. The summed E-state index contributed by atoms with van der Waals surface area (Å²) in [6, 6.07) is 7.80. The second-order valence-electron chi connectivity index (χ2n) is 4.06. The topological polar surface area (TPSA) is 17.1 Å². The molecule has 0 N–H and O–H groups in total. The highest BCUT2D eigenvalue weighted by atomic mass is 79.9. The Morgan fingerprint density at radius 2 is 1.79 bits per heavy atom. The number of hydrogen-bond acceptors (Lipinski definition) is 1. The average Bonchev–Trinajstić information content (AvgIpc) is 2.33. The van der Waals surface area contributed by atoms with E-state index in [4.69, 9.17) is 11.6 Å². The molecule has 0 heterocycles. The molecule has 0 aromatic heterocycles. The van der Waals surface area contributed by atoms with Crippen molar-refractivity contribution in [3.05, 3.63) is 66.8 Å². The molecule has 0 bridgehead atoms. The molecule has 0 atom stereocenters. The van der Waals surface area contributed by atoms with Crippen LogP contribution in [-0.4, -0.2) is 5.78 Å². The van der Waals surface area contributed by atoms with Crippen molar-refractivity contribution in [1.82, 2.24) is 0 Å². The van der Waals surface area contributed by atoms with Gasteiger partial charge in [-0.3, -0.25) is 4.79 Å². The zero-order chi connectivity index (χ0) is 14.2. The molecule has 0 saturated carbocycles. The van der Waals surface area contributed by atoms with Crippen LogP contribution in [0.3, 0.4) is 0 Å². The van der Waals surface area contributed by atoms with Gasteiger partial charge in [0.25, 0.3) is 0 Å². The predicted molar refractivity (Wildman–Crippen MR) is 81.4 cm³/mol. The van der Waals surface area contributed by atoms with Gasteiger partial charge in [-0.15, -0.1) is 0 Å². The molecule has 5 heteroatoms. The summed E-state index contributed by atoms with van der Waals surface area (Å²) in [6.45, 7) is 1.91. The number of rotatable bonds is 2. The quantitative estimate of drug-likeness (QED) is 0.473. The van der Waals surface area contributed by atoms with Crippen molar-refractivity contribution >= 4 is 49.2 Å². The second kappa shape index (κ2) is 5.73. The van der Waals surface area contributed by atoms with Gasteiger partial charge in [0.15, 0.2) is 5.78 Å². The number of benzene rings is 2. The Morgan fingerprint density at radius 3 is 2.42 bits per heavy atom. The normalized spacial score (nSPS) is 10.6. The number of hydrogen-bond donors (Lipinski definition) is 0. The first-order valence-corrected chi connectivity index (χ1v) is 7.32. The lowest BCUT2D eigenvalue weighted by atomic mass is 10.0. The van der Waals surface area contributed by atoms with Gasteiger partial charge in [-0.1, -0.05) is 33.6 Å². The fraction of sp³-hybridized carbons (Fsp3) is 0.0714. The van der Waals surface area contributed by atoms with E-state index in [0.29, 0.717) is 19.5 Å². The summed E-state index contributed by atoms with van der Waals surface area (Å²) in [4.78, 5) is 12.3. The number of aryl methyl sites for hydroxylation is 1. The minimum atomic E-state index is -0.603. The molecule has 19 heavy (non-hydrogen) atoms. The van der Waals surface area contributed by atoms with Gasteiger partial charge in [0.1, 0.15) is 5.82 Å². The Hall–Kier alpha value is -0.710. The summed E-state index contributed by atoms with van der Waals surface area (Å²) >= 11 is 12.3. The minimum Gasteiger partial charge on any atom is -0.288 e. The van der Waals surface area contributed by atoms with Crippen LogP contribution >= 0.6 is 43.5 Å². The van der Waals surface area contributed by atoms with Crippen molar-refractivity contribution in [1.29, 1.82) is 0 Å². The van der Waals surface area contributed by atoms with Crippen molar-refractivity contribution in [2.45, 2.75) is 6.92 Å². The maximum Gasteiger partial charge on any atom is 0.197 e. The van der Waals surface area contributed by atoms with E-state index >= 15 is 0 Å². The van der Waals surface area contributed by atoms with Crippen LogP contribution in [0.5, 0.6) is 0 Å². The number of ketones is 1. The molecular weight excluding hydrogens is 398 g/mol. The third-order valence-corrected chi connectivity index (χ3v) is 4.48. The van der Waals surface area contributed by atoms with E-state index in [-0.39, 0.29) is 5.56 Å². The molecule has 0 saturated heterocycles. The van der Waals surface area contributed by atoms with Gasteiger partial charge in [-0.25, -0.2) is 4.39 Å². The van der Waals surface area contributed by atoms with Gasteiger partial charge < -0.3 is 0 Å².